The van der Waals surface area contributed by atoms with Gasteiger partial charge >= 0.3 is 6.18 Å². The van der Waals surface area contributed by atoms with Crippen molar-refractivity contribution >= 4 is 27.7 Å². The van der Waals surface area contributed by atoms with E-state index in [4.69, 9.17) is 0 Å². The van der Waals surface area contributed by atoms with Crippen LogP contribution < -0.4 is 5.32 Å². The van der Waals surface area contributed by atoms with Crippen LogP contribution in [-0.4, -0.2) is 41.1 Å². The first-order valence-corrected chi connectivity index (χ1v) is 7.31. The fraction of sp³-hybridized carbons (Fsp3) is 0.538. The zero-order valence-electron chi connectivity index (χ0n) is 11.4. The minimum Gasteiger partial charge on any atom is -0.358 e. The lowest BCUT2D eigenvalue weighted by Gasteiger charge is -2.33. The van der Waals surface area contributed by atoms with Crippen LogP contribution in [0.5, 0.6) is 0 Å². The van der Waals surface area contributed by atoms with Crippen LogP contribution in [0.4, 0.5) is 19.0 Å². The molecule has 1 aromatic heterocycles. The summed E-state index contributed by atoms with van der Waals surface area (Å²) in [6, 6.07) is 2.81. The Kier molecular flexibility index (Phi) is 4.75. The molecule has 1 fully saturated rings. The molecular formula is C13H15BrF3N3O. The van der Waals surface area contributed by atoms with Crippen molar-refractivity contribution in [3.63, 3.8) is 0 Å². The number of pyridine rings is 1. The van der Waals surface area contributed by atoms with Gasteiger partial charge in [0.15, 0.2) is 0 Å². The molecule has 1 aliphatic heterocycles. The SMILES string of the molecule is Cc1nc(NC2CCCN(CC(F)(F)F)C2=O)ccc1Br. The van der Waals surface area contributed by atoms with Gasteiger partial charge in [-0.05, 0) is 47.8 Å². The number of amides is 1. The first-order valence-electron chi connectivity index (χ1n) is 6.51. The average Bonchev–Trinajstić information content (AvgIpc) is 2.37. The fourth-order valence-corrected chi connectivity index (χ4v) is 2.47. The molecule has 8 heteroatoms. The van der Waals surface area contributed by atoms with E-state index in [9.17, 15) is 18.0 Å². The van der Waals surface area contributed by atoms with Crippen LogP contribution in [0.25, 0.3) is 0 Å². The monoisotopic (exact) mass is 365 g/mol. The zero-order chi connectivity index (χ0) is 15.6. The third kappa shape index (κ3) is 4.33. The number of hydrogen-bond acceptors (Lipinski definition) is 3. The van der Waals surface area contributed by atoms with E-state index >= 15 is 0 Å². The van der Waals surface area contributed by atoms with Crippen LogP contribution in [0.1, 0.15) is 18.5 Å². The number of nitrogens with zero attached hydrogens (tertiary/aromatic N) is 2. The predicted octanol–water partition coefficient (Wildman–Crippen LogP) is 3.12. The van der Waals surface area contributed by atoms with E-state index in [1.165, 1.54) is 0 Å². The number of likely N-dealkylation sites (tertiary alicyclic amines) is 1. The van der Waals surface area contributed by atoms with Gasteiger partial charge in [-0.3, -0.25) is 4.79 Å². The standard InChI is InChI=1S/C13H15BrF3N3O/c1-8-9(14)4-5-11(18-8)19-10-3-2-6-20(12(10)21)7-13(15,16)17/h4-5,10H,2-3,6-7H2,1H3,(H,18,19). The molecule has 1 aromatic rings. The maximum absolute atomic E-state index is 12.4. The van der Waals surface area contributed by atoms with Gasteiger partial charge in [0.05, 0.1) is 5.69 Å². The lowest BCUT2D eigenvalue weighted by Crippen LogP contribution is -2.50. The third-order valence-corrected chi connectivity index (χ3v) is 4.08. The molecule has 0 radical (unpaired) electrons. The number of alkyl halides is 3. The van der Waals surface area contributed by atoms with Crippen LogP contribution in [0.15, 0.2) is 16.6 Å². The molecular weight excluding hydrogens is 351 g/mol. The molecule has 0 spiro atoms. The first kappa shape index (κ1) is 16.1. The van der Waals surface area contributed by atoms with Crippen molar-refractivity contribution in [1.29, 1.82) is 0 Å². The van der Waals surface area contributed by atoms with Crippen molar-refractivity contribution in [2.45, 2.75) is 32.0 Å². The second-order valence-electron chi connectivity index (χ2n) is 4.98. The smallest absolute Gasteiger partial charge is 0.358 e. The van der Waals surface area contributed by atoms with E-state index < -0.39 is 24.7 Å². The van der Waals surface area contributed by atoms with Gasteiger partial charge in [0, 0.05) is 11.0 Å². The highest BCUT2D eigenvalue weighted by atomic mass is 79.9. The summed E-state index contributed by atoms with van der Waals surface area (Å²) in [6.45, 7) is 0.744. The van der Waals surface area contributed by atoms with Gasteiger partial charge in [0.25, 0.3) is 0 Å². The number of aryl methyl sites for hydroxylation is 1. The summed E-state index contributed by atoms with van der Waals surface area (Å²) in [5.41, 5.74) is 0.746. The number of carbonyl (C=O) groups excluding carboxylic acids is 1. The third-order valence-electron chi connectivity index (χ3n) is 3.24. The van der Waals surface area contributed by atoms with Crippen molar-refractivity contribution in [3.05, 3.63) is 22.3 Å². The lowest BCUT2D eigenvalue weighted by atomic mass is 10.0. The van der Waals surface area contributed by atoms with Gasteiger partial charge in [-0.2, -0.15) is 13.2 Å². The highest BCUT2D eigenvalue weighted by Gasteiger charge is 2.37. The van der Waals surface area contributed by atoms with Gasteiger partial charge in [-0.25, -0.2) is 4.98 Å². The highest BCUT2D eigenvalue weighted by Crippen LogP contribution is 2.23. The maximum Gasteiger partial charge on any atom is 0.406 e. The zero-order valence-corrected chi connectivity index (χ0v) is 13.0. The topological polar surface area (TPSA) is 45.2 Å². The Labute approximate surface area is 128 Å². The van der Waals surface area contributed by atoms with E-state index in [0.29, 0.717) is 18.7 Å². The van der Waals surface area contributed by atoms with Crippen LogP contribution >= 0.6 is 15.9 Å². The molecule has 2 rings (SSSR count). The van der Waals surface area contributed by atoms with Crippen LogP contribution in [0.3, 0.4) is 0 Å². The maximum atomic E-state index is 12.4. The van der Waals surface area contributed by atoms with Crippen LogP contribution in [0, 0.1) is 6.92 Å². The summed E-state index contributed by atoms with van der Waals surface area (Å²) in [5, 5.41) is 2.92. The van der Waals surface area contributed by atoms with Crippen LogP contribution in [0.2, 0.25) is 0 Å². The molecule has 116 valence electrons. The summed E-state index contributed by atoms with van der Waals surface area (Å²) in [4.78, 5) is 17.2. The molecule has 0 bridgehead atoms. The second kappa shape index (κ2) is 6.21. The van der Waals surface area contributed by atoms with E-state index in [1.54, 1.807) is 19.1 Å². The number of aromatic nitrogens is 1. The molecule has 0 aromatic carbocycles. The normalized spacial score (nSPS) is 19.8. The number of anilines is 1. The minimum absolute atomic E-state index is 0.142. The largest absolute Gasteiger partial charge is 0.406 e. The van der Waals surface area contributed by atoms with E-state index in [1.807, 2.05) is 0 Å². The molecule has 1 atom stereocenters. The Morgan fingerprint density at radius 2 is 2.19 bits per heavy atom. The molecule has 1 N–H and O–H groups in total. The fourth-order valence-electron chi connectivity index (χ4n) is 2.25. The van der Waals surface area contributed by atoms with Crippen molar-refractivity contribution in [2.75, 3.05) is 18.4 Å². The Bertz CT molecular complexity index is 536. The Balaban J connectivity index is 2.05. The summed E-state index contributed by atoms with van der Waals surface area (Å²) in [6.07, 6.45) is -3.33. The number of nitrogens with one attached hydrogen (secondary N) is 1. The van der Waals surface area contributed by atoms with Gasteiger partial charge in [-0.15, -0.1) is 0 Å². The second-order valence-corrected chi connectivity index (χ2v) is 5.83. The summed E-state index contributed by atoms with van der Waals surface area (Å²) in [5.74, 6) is -0.0381. The van der Waals surface area contributed by atoms with Gasteiger partial charge in [0.1, 0.15) is 18.4 Å². The lowest BCUT2D eigenvalue weighted by molar-refractivity contribution is -0.163. The molecule has 21 heavy (non-hydrogen) atoms. The number of piperidine rings is 1. The Morgan fingerprint density at radius 3 is 2.81 bits per heavy atom. The van der Waals surface area contributed by atoms with Gasteiger partial charge in [0.2, 0.25) is 5.91 Å². The molecule has 0 saturated carbocycles. The summed E-state index contributed by atoms with van der Waals surface area (Å²) >= 11 is 3.32. The molecule has 4 nitrogen and oxygen atoms in total. The number of carbonyl (C=O) groups is 1. The summed E-state index contributed by atoms with van der Waals surface area (Å²) < 4.78 is 38.1. The average molecular weight is 366 g/mol. The van der Waals surface area contributed by atoms with E-state index in [2.05, 4.69) is 26.2 Å². The number of rotatable bonds is 3. The quantitative estimate of drug-likeness (QED) is 0.894. The Morgan fingerprint density at radius 1 is 1.48 bits per heavy atom. The number of hydrogen-bond donors (Lipinski definition) is 1. The van der Waals surface area contributed by atoms with Crippen molar-refractivity contribution < 1.29 is 18.0 Å². The highest BCUT2D eigenvalue weighted by molar-refractivity contribution is 9.10. The number of halogens is 4. The van der Waals surface area contributed by atoms with E-state index in [-0.39, 0.29) is 6.54 Å². The molecule has 1 aliphatic rings. The molecule has 1 saturated heterocycles. The molecule has 1 amide bonds. The predicted molar refractivity (Wildman–Crippen MR) is 76.0 cm³/mol. The van der Waals surface area contributed by atoms with Crippen molar-refractivity contribution in [1.82, 2.24) is 9.88 Å². The molecule has 0 aliphatic carbocycles. The molecule has 2 heterocycles. The van der Waals surface area contributed by atoms with Crippen molar-refractivity contribution in [2.24, 2.45) is 0 Å². The van der Waals surface area contributed by atoms with E-state index in [0.717, 1.165) is 15.1 Å². The summed E-state index contributed by atoms with van der Waals surface area (Å²) in [7, 11) is 0. The van der Waals surface area contributed by atoms with Gasteiger partial charge < -0.3 is 10.2 Å². The minimum atomic E-state index is -4.37. The van der Waals surface area contributed by atoms with Gasteiger partial charge in [-0.1, -0.05) is 0 Å². The Hall–Kier alpha value is -1.31. The first-order chi connectivity index (χ1) is 9.76. The molecule has 1 unspecified atom stereocenters. The van der Waals surface area contributed by atoms with Crippen LogP contribution in [-0.2, 0) is 4.79 Å². The van der Waals surface area contributed by atoms with Crippen molar-refractivity contribution in [3.8, 4) is 0 Å².